The van der Waals surface area contributed by atoms with E-state index in [9.17, 15) is 4.79 Å². The van der Waals surface area contributed by atoms with Gasteiger partial charge >= 0.3 is 0 Å². The standard InChI is InChI=1S/C25H27N5OS/c1-17(18-7-5-4-6-8-18)29-23-21-15-22(32-25(21)28-16-27-23)19-9-11-20(12-10-19)24(31)26-13-14-30(2)3/h4-12,15-17H,13-14H2,1-3H3,(H,26,31)(H,27,28,29)/t17-/m1/s1. The second-order valence-electron chi connectivity index (χ2n) is 7.96. The zero-order valence-electron chi connectivity index (χ0n) is 18.5. The van der Waals surface area contributed by atoms with Crippen molar-refractivity contribution < 1.29 is 4.79 Å². The molecule has 0 aliphatic heterocycles. The molecule has 2 heterocycles. The number of likely N-dealkylation sites (N-methyl/N-ethyl adjacent to an activating group) is 1. The Morgan fingerprint density at radius 1 is 1.06 bits per heavy atom. The van der Waals surface area contributed by atoms with Gasteiger partial charge in [0.05, 0.1) is 5.39 Å². The van der Waals surface area contributed by atoms with E-state index < -0.39 is 0 Å². The van der Waals surface area contributed by atoms with E-state index in [0.29, 0.717) is 12.1 Å². The number of carbonyl (C=O) groups excluding carboxylic acids is 1. The van der Waals surface area contributed by atoms with Crippen LogP contribution in [0.4, 0.5) is 5.82 Å². The van der Waals surface area contributed by atoms with Crippen molar-refractivity contribution in [3.8, 4) is 10.4 Å². The lowest BCUT2D eigenvalue weighted by Crippen LogP contribution is -2.31. The Morgan fingerprint density at radius 3 is 2.53 bits per heavy atom. The van der Waals surface area contributed by atoms with Crippen LogP contribution in [0.3, 0.4) is 0 Å². The van der Waals surface area contributed by atoms with Crippen LogP contribution < -0.4 is 10.6 Å². The maximum atomic E-state index is 12.3. The molecule has 4 aromatic rings. The molecule has 0 aliphatic carbocycles. The van der Waals surface area contributed by atoms with Crippen molar-refractivity contribution in [3.63, 3.8) is 0 Å². The Bertz CT molecular complexity index is 1190. The van der Waals surface area contributed by atoms with Crippen molar-refractivity contribution in [3.05, 3.63) is 78.1 Å². The van der Waals surface area contributed by atoms with Crippen molar-refractivity contribution >= 4 is 33.3 Å². The summed E-state index contributed by atoms with van der Waals surface area (Å²) in [7, 11) is 3.97. The van der Waals surface area contributed by atoms with Gasteiger partial charge in [0.1, 0.15) is 17.0 Å². The third-order valence-corrected chi connectivity index (χ3v) is 6.35. The van der Waals surface area contributed by atoms with Gasteiger partial charge < -0.3 is 15.5 Å². The Morgan fingerprint density at radius 2 is 1.81 bits per heavy atom. The van der Waals surface area contributed by atoms with Gasteiger partial charge in [-0.1, -0.05) is 42.5 Å². The number of hydrogen-bond donors (Lipinski definition) is 2. The van der Waals surface area contributed by atoms with Crippen LogP contribution in [0, 0.1) is 0 Å². The number of nitrogens with one attached hydrogen (secondary N) is 2. The predicted molar refractivity (Wildman–Crippen MR) is 132 cm³/mol. The zero-order valence-corrected chi connectivity index (χ0v) is 19.3. The first-order valence-electron chi connectivity index (χ1n) is 10.6. The van der Waals surface area contributed by atoms with Crippen molar-refractivity contribution in [1.29, 1.82) is 0 Å². The molecule has 0 radical (unpaired) electrons. The molecule has 32 heavy (non-hydrogen) atoms. The lowest BCUT2D eigenvalue weighted by atomic mass is 10.1. The summed E-state index contributed by atoms with van der Waals surface area (Å²) in [5.41, 5.74) is 2.92. The molecule has 7 heteroatoms. The Labute approximate surface area is 192 Å². The highest BCUT2D eigenvalue weighted by molar-refractivity contribution is 7.21. The maximum absolute atomic E-state index is 12.3. The molecule has 1 amide bonds. The van der Waals surface area contributed by atoms with Crippen molar-refractivity contribution in [2.75, 3.05) is 32.5 Å². The zero-order chi connectivity index (χ0) is 22.5. The topological polar surface area (TPSA) is 70.1 Å². The summed E-state index contributed by atoms with van der Waals surface area (Å²) in [4.78, 5) is 25.3. The van der Waals surface area contributed by atoms with Gasteiger partial charge in [-0.3, -0.25) is 4.79 Å². The first-order chi connectivity index (χ1) is 15.5. The molecule has 0 bridgehead atoms. The second-order valence-corrected chi connectivity index (χ2v) is 9.00. The van der Waals surface area contributed by atoms with E-state index >= 15 is 0 Å². The highest BCUT2D eigenvalue weighted by atomic mass is 32.1. The number of thiophene rings is 1. The third-order valence-electron chi connectivity index (χ3n) is 5.26. The molecule has 0 saturated heterocycles. The van der Waals surface area contributed by atoms with E-state index in [1.54, 1.807) is 17.7 Å². The van der Waals surface area contributed by atoms with Crippen molar-refractivity contribution in [1.82, 2.24) is 20.2 Å². The smallest absolute Gasteiger partial charge is 0.251 e. The molecule has 0 saturated carbocycles. The minimum absolute atomic E-state index is 0.0537. The van der Waals surface area contributed by atoms with Crippen LogP contribution in [0.2, 0.25) is 0 Å². The lowest BCUT2D eigenvalue weighted by molar-refractivity contribution is 0.0951. The minimum Gasteiger partial charge on any atom is -0.363 e. The Balaban J connectivity index is 1.51. The summed E-state index contributed by atoms with van der Waals surface area (Å²) in [6, 6.07) is 20.3. The maximum Gasteiger partial charge on any atom is 0.251 e. The molecule has 0 spiro atoms. The van der Waals surface area contributed by atoms with E-state index in [1.165, 1.54) is 5.56 Å². The molecule has 1 atom stereocenters. The number of benzene rings is 2. The van der Waals surface area contributed by atoms with E-state index in [4.69, 9.17) is 0 Å². The molecule has 4 rings (SSSR count). The number of carbonyl (C=O) groups is 1. The van der Waals surface area contributed by atoms with Gasteiger partial charge in [-0.15, -0.1) is 11.3 Å². The number of aromatic nitrogens is 2. The third kappa shape index (κ3) is 5.12. The van der Waals surface area contributed by atoms with Crippen LogP contribution in [-0.4, -0.2) is 48.0 Å². The van der Waals surface area contributed by atoms with Gasteiger partial charge in [-0.2, -0.15) is 0 Å². The summed E-state index contributed by atoms with van der Waals surface area (Å²) >= 11 is 1.62. The van der Waals surface area contributed by atoms with Crippen LogP contribution in [0.25, 0.3) is 20.7 Å². The quantitative estimate of drug-likeness (QED) is 0.407. The number of anilines is 1. The van der Waals surface area contributed by atoms with Gasteiger partial charge in [0.25, 0.3) is 5.91 Å². The fraction of sp³-hybridized carbons (Fsp3) is 0.240. The fourth-order valence-electron chi connectivity index (χ4n) is 3.42. The van der Waals surface area contributed by atoms with Crippen LogP contribution in [0.15, 0.2) is 67.0 Å². The molecule has 0 fully saturated rings. The molecule has 164 valence electrons. The number of hydrogen-bond acceptors (Lipinski definition) is 6. The fourth-order valence-corrected chi connectivity index (χ4v) is 4.43. The summed E-state index contributed by atoms with van der Waals surface area (Å²) < 4.78 is 0. The summed E-state index contributed by atoms with van der Waals surface area (Å²) in [5, 5.41) is 7.46. The highest BCUT2D eigenvalue weighted by Crippen LogP contribution is 2.36. The molecule has 2 aromatic heterocycles. The predicted octanol–water partition coefficient (Wildman–Crippen LogP) is 4.82. The highest BCUT2D eigenvalue weighted by Gasteiger charge is 2.13. The number of fused-ring (bicyclic) bond motifs is 1. The normalized spacial score (nSPS) is 12.1. The van der Waals surface area contributed by atoms with E-state index in [0.717, 1.165) is 33.0 Å². The van der Waals surface area contributed by atoms with Crippen LogP contribution in [-0.2, 0) is 0 Å². The molecule has 6 nitrogen and oxygen atoms in total. The first-order valence-corrected chi connectivity index (χ1v) is 11.4. The van der Waals surface area contributed by atoms with E-state index in [1.807, 2.05) is 61.5 Å². The monoisotopic (exact) mass is 445 g/mol. The van der Waals surface area contributed by atoms with Gasteiger partial charge in [0.2, 0.25) is 0 Å². The lowest BCUT2D eigenvalue weighted by Gasteiger charge is -2.15. The van der Waals surface area contributed by atoms with Gasteiger partial charge in [-0.25, -0.2) is 9.97 Å². The van der Waals surface area contributed by atoms with Crippen LogP contribution >= 0.6 is 11.3 Å². The summed E-state index contributed by atoms with van der Waals surface area (Å²) in [5.74, 6) is 0.771. The van der Waals surface area contributed by atoms with E-state index in [2.05, 4.69) is 45.7 Å². The number of amides is 1. The SMILES string of the molecule is C[C@@H](Nc1ncnc2sc(-c3ccc(C(=O)NCCN(C)C)cc3)cc12)c1ccccc1. The van der Waals surface area contributed by atoms with Gasteiger partial charge in [-0.05, 0) is 50.3 Å². The molecular weight excluding hydrogens is 418 g/mol. The average molecular weight is 446 g/mol. The van der Waals surface area contributed by atoms with Gasteiger partial charge in [0.15, 0.2) is 0 Å². The largest absolute Gasteiger partial charge is 0.363 e. The average Bonchev–Trinajstić information content (AvgIpc) is 3.25. The van der Waals surface area contributed by atoms with Crippen molar-refractivity contribution in [2.24, 2.45) is 0 Å². The van der Waals surface area contributed by atoms with Crippen LogP contribution in [0.1, 0.15) is 28.9 Å². The molecule has 2 aromatic carbocycles. The first kappa shape index (κ1) is 21.9. The molecular formula is C25H27N5OS. The van der Waals surface area contributed by atoms with E-state index in [-0.39, 0.29) is 11.9 Å². The second kappa shape index (κ2) is 9.89. The molecule has 0 aliphatic rings. The Hall–Kier alpha value is -3.29. The van der Waals surface area contributed by atoms with Gasteiger partial charge in [0, 0.05) is 29.6 Å². The minimum atomic E-state index is -0.0537. The Kier molecular flexibility index (Phi) is 6.78. The number of nitrogens with zero attached hydrogens (tertiary/aromatic N) is 3. The molecule has 0 unspecified atom stereocenters. The number of rotatable bonds is 8. The van der Waals surface area contributed by atoms with Crippen molar-refractivity contribution in [2.45, 2.75) is 13.0 Å². The summed E-state index contributed by atoms with van der Waals surface area (Å²) in [6.45, 7) is 3.56. The molecule has 2 N–H and O–H groups in total. The summed E-state index contributed by atoms with van der Waals surface area (Å²) in [6.07, 6.45) is 1.60. The van der Waals surface area contributed by atoms with Crippen LogP contribution in [0.5, 0.6) is 0 Å².